The fourth-order valence-corrected chi connectivity index (χ4v) is 3.99. The first-order valence-electron chi connectivity index (χ1n) is 8.83. The lowest BCUT2D eigenvalue weighted by Crippen LogP contribution is -2.41. The lowest BCUT2D eigenvalue weighted by molar-refractivity contribution is -0.132. The normalized spacial score (nSPS) is 14.2. The van der Waals surface area contributed by atoms with Gasteiger partial charge in [-0.15, -0.1) is 10.2 Å². The minimum atomic E-state index is 0.0601. The second-order valence-corrected chi connectivity index (χ2v) is 7.47. The van der Waals surface area contributed by atoms with Gasteiger partial charge in [-0.3, -0.25) is 14.3 Å². The van der Waals surface area contributed by atoms with Crippen LogP contribution >= 0.6 is 23.4 Å². The molecule has 0 saturated carbocycles. The standard InChI is InChI=1S/C19H18ClN5O2S/c20-15-5-1-2-6-16(15)25-18(14-4-3-7-21-12-14)22-23-19(25)28-13-17(26)24-8-10-27-11-9-24/h1-7,12H,8-11,13H2. The fraction of sp³-hybridized carbons (Fsp3) is 0.263. The van der Waals surface area contributed by atoms with Gasteiger partial charge in [0.05, 0.1) is 29.7 Å². The van der Waals surface area contributed by atoms with E-state index in [4.69, 9.17) is 16.3 Å². The molecule has 0 bridgehead atoms. The van der Waals surface area contributed by atoms with Gasteiger partial charge < -0.3 is 9.64 Å². The molecule has 0 atom stereocenters. The highest BCUT2D eigenvalue weighted by Crippen LogP contribution is 2.31. The summed E-state index contributed by atoms with van der Waals surface area (Å²) in [6, 6.07) is 11.3. The van der Waals surface area contributed by atoms with Crippen LogP contribution in [0.1, 0.15) is 0 Å². The number of aromatic nitrogens is 4. The Labute approximate surface area is 171 Å². The molecule has 0 N–H and O–H groups in total. The molecule has 3 heterocycles. The molecule has 4 rings (SSSR count). The van der Waals surface area contributed by atoms with Crippen molar-refractivity contribution >= 4 is 29.3 Å². The van der Waals surface area contributed by atoms with Gasteiger partial charge in [0.25, 0.3) is 0 Å². The molecule has 1 amide bonds. The van der Waals surface area contributed by atoms with Gasteiger partial charge in [-0.2, -0.15) is 0 Å². The van der Waals surface area contributed by atoms with Crippen LogP contribution in [0.4, 0.5) is 0 Å². The molecule has 0 radical (unpaired) electrons. The zero-order valence-electron chi connectivity index (χ0n) is 15.0. The van der Waals surface area contributed by atoms with Crippen molar-refractivity contribution < 1.29 is 9.53 Å². The number of amides is 1. The molecule has 0 aliphatic carbocycles. The molecule has 0 spiro atoms. The van der Waals surface area contributed by atoms with E-state index in [0.29, 0.717) is 42.3 Å². The van der Waals surface area contributed by atoms with Crippen LogP contribution in [0, 0.1) is 0 Å². The molecule has 1 aromatic carbocycles. The third kappa shape index (κ3) is 4.04. The van der Waals surface area contributed by atoms with Gasteiger partial charge in [-0.25, -0.2) is 0 Å². The number of carbonyl (C=O) groups excluding carboxylic acids is 1. The zero-order chi connectivity index (χ0) is 19.3. The molecule has 1 aliphatic rings. The van der Waals surface area contributed by atoms with E-state index in [9.17, 15) is 4.79 Å². The Kier molecular flexibility index (Phi) is 5.90. The summed E-state index contributed by atoms with van der Waals surface area (Å²) in [5.74, 6) is 0.961. The van der Waals surface area contributed by atoms with Crippen LogP contribution in [0.25, 0.3) is 17.1 Å². The number of rotatable bonds is 5. The number of para-hydroxylation sites is 1. The van der Waals surface area contributed by atoms with E-state index in [-0.39, 0.29) is 11.7 Å². The Hall–Kier alpha value is -2.42. The number of benzene rings is 1. The van der Waals surface area contributed by atoms with Crippen LogP contribution < -0.4 is 0 Å². The Bertz CT molecular complexity index is 960. The second kappa shape index (κ2) is 8.72. The predicted molar refractivity (Wildman–Crippen MR) is 108 cm³/mol. The first-order chi connectivity index (χ1) is 13.7. The quantitative estimate of drug-likeness (QED) is 0.596. The van der Waals surface area contributed by atoms with E-state index in [1.807, 2.05) is 45.9 Å². The summed E-state index contributed by atoms with van der Waals surface area (Å²) in [5.41, 5.74) is 1.58. The molecule has 28 heavy (non-hydrogen) atoms. The Morgan fingerprint density at radius 1 is 1.14 bits per heavy atom. The Balaban J connectivity index is 1.65. The van der Waals surface area contributed by atoms with Crippen molar-refractivity contribution in [2.24, 2.45) is 0 Å². The third-order valence-corrected chi connectivity index (χ3v) is 5.57. The number of morpholine rings is 1. The maximum Gasteiger partial charge on any atom is 0.233 e. The Morgan fingerprint density at radius 3 is 2.71 bits per heavy atom. The number of halogens is 1. The second-order valence-electron chi connectivity index (χ2n) is 6.12. The number of hydrogen-bond acceptors (Lipinski definition) is 6. The van der Waals surface area contributed by atoms with Crippen LogP contribution in [-0.4, -0.2) is 62.6 Å². The van der Waals surface area contributed by atoms with Gasteiger partial charge in [0.2, 0.25) is 5.91 Å². The van der Waals surface area contributed by atoms with Crippen molar-refractivity contribution in [1.82, 2.24) is 24.6 Å². The van der Waals surface area contributed by atoms with Crippen molar-refractivity contribution in [3.63, 3.8) is 0 Å². The van der Waals surface area contributed by atoms with Crippen LogP contribution in [0.2, 0.25) is 5.02 Å². The van der Waals surface area contributed by atoms with E-state index >= 15 is 0 Å². The molecule has 3 aromatic rings. The van der Waals surface area contributed by atoms with Crippen molar-refractivity contribution in [2.75, 3.05) is 32.1 Å². The maximum atomic E-state index is 12.5. The lowest BCUT2D eigenvalue weighted by atomic mass is 10.2. The van der Waals surface area contributed by atoms with E-state index in [1.54, 1.807) is 12.4 Å². The minimum absolute atomic E-state index is 0.0601. The van der Waals surface area contributed by atoms with Crippen LogP contribution in [0.5, 0.6) is 0 Å². The SMILES string of the molecule is O=C(CSc1nnc(-c2cccnc2)n1-c1ccccc1Cl)N1CCOCC1. The molecule has 2 aromatic heterocycles. The van der Waals surface area contributed by atoms with Crippen LogP contribution in [0.3, 0.4) is 0 Å². The van der Waals surface area contributed by atoms with E-state index in [1.165, 1.54) is 11.8 Å². The average molecular weight is 416 g/mol. The third-order valence-electron chi connectivity index (χ3n) is 4.33. The van der Waals surface area contributed by atoms with Gasteiger partial charge in [-0.05, 0) is 24.3 Å². The minimum Gasteiger partial charge on any atom is -0.378 e. The molecule has 7 nitrogen and oxygen atoms in total. The highest BCUT2D eigenvalue weighted by Gasteiger charge is 2.21. The lowest BCUT2D eigenvalue weighted by Gasteiger charge is -2.26. The molecular formula is C19H18ClN5O2S. The number of hydrogen-bond donors (Lipinski definition) is 0. The van der Waals surface area contributed by atoms with Gasteiger partial charge in [-0.1, -0.05) is 35.5 Å². The topological polar surface area (TPSA) is 73.1 Å². The Morgan fingerprint density at radius 2 is 1.96 bits per heavy atom. The summed E-state index contributed by atoms with van der Waals surface area (Å²) in [6.07, 6.45) is 3.43. The number of pyridine rings is 1. The largest absolute Gasteiger partial charge is 0.378 e. The number of thioether (sulfide) groups is 1. The maximum absolute atomic E-state index is 12.5. The van der Waals surface area contributed by atoms with Gasteiger partial charge in [0, 0.05) is 31.0 Å². The molecule has 1 saturated heterocycles. The van der Waals surface area contributed by atoms with Gasteiger partial charge in [0.1, 0.15) is 0 Å². The monoisotopic (exact) mass is 415 g/mol. The van der Waals surface area contributed by atoms with Crippen LogP contribution in [0.15, 0.2) is 53.9 Å². The van der Waals surface area contributed by atoms with Crippen molar-refractivity contribution in [3.05, 3.63) is 53.8 Å². The van der Waals surface area contributed by atoms with Crippen LogP contribution in [-0.2, 0) is 9.53 Å². The summed E-state index contributed by atoms with van der Waals surface area (Å²) < 4.78 is 7.18. The van der Waals surface area contributed by atoms with E-state index < -0.39 is 0 Å². The first-order valence-corrected chi connectivity index (χ1v) is 10.2. The smallest absolute Gasteiger partial charge is 0.233 e. The fourth-order valence-electron chi connectivity index (χ4n) is 2.93. The van der Waals surface area contributed by atoms with E-state index in [2.05, 4.69) is 15.2 Å². The van der Waals surface area contributed by atoms with Crippen molar-refractivity contribution in [3.8, 4) is 17.1 Å². The number of nitrogens with zero attached hydrogens (tertiary/aromatic N) is 5. The zero-order valence-corrected chi connectivity index (χ0v) is 16.6. The summed E-state index contributed by atoms with van der Waals surface area (Å²) in [5, 5.41) is 9.85. The molecular weight excluding hydrogens is 398 g/mol. The highest BCUT2D eigenvalue weighted by molar-refractivity contribution is 7.99. The number of carbonyl (C=O) groups is 1. The first kappa shape index (κ1) is 18.9. The molecule has 9 heteroatoms. The summed E-state index contributed by atoms with van der Waals surface area (Å²) in [7, 11) is 0. The van der Waals surface area contributed by atoms with Gasteiger partial charge >= 0.3 is 0 Å². The molecule has 144 valence electrons. The molecule has 1 aliphatic heterocycles. The van der Waals surface area contributed by atoms with Crippen molar-refractivity contribution in [1.29, 1.82) is 0 Å². The summed E-state index contributed by atoms with van der Waals surface area (Å²) >= 11 is 7.79. The number of ether oxygens (including phenoxy) is 1. The summed E-state index contributed by atoms with van der Waals surface area (Å²) in [4.78, 5) is 18.5. The van der Waals surface area contributed by atoms with E-state index in [0.717, 1.165) is 11.3 Å². The predicted octanol–water partition coefficient (Wildman–Crippen LogP) is 2.93. The molecule has 1 fully saturated rings. The highest BCUT2D eigenvalue weighted by atomic mass is 35.5. The average Bonchev–Trinajstić information content (AvgIpc) is 3.17. The molecule has 0 unspecified atom stereocenters. The van der Waals surface area contributed by atoms with Crippen molar-refractivity contribution in [2.45, 2.75) is 5.16 Å². The van der Waals surface area contributed by atoms with Gasteiger partial charge in [0.15, 0.2) is 11.0 Å². The summed E-state index contributed by atoms with van der Waals surface area (Å²) in [6.45, 7) is 2.41.